The molecule has 2 aromatic heterocycles. The topological polar surface area (TPSA) is 83.8 Å². The number of aromatic nitrogens is 3. The largest absolute Gasteiger partial charge is 0.356 e. The van der Waals surface area contributed by atoms with Crippen LogP contribution in [0, 0.1) is 6.92 Å². The molecule has 106 valence electrons. The molecule has 3 rings (SSSR count). The first-order chi connectivity index (χ1) is 10.1. The highest BCUT2D eigenvalue weighted by atomic mass is 79.9. The summed E-state index contributed by atoms with van der Waals surface area (Å²) in [6.45, 7) is 1.74. The van der Waals surface area contributed by atoms with E-state index in [-0.39, 0.29) is 5.91 Å². The molecule has 1 amide bonds. The predicted molar refractivity (Wildman–Crippen MR) is 80.9 cm³/mol. The zero-order valence-corrected chi connectivity index (χ0v) is 12.6. The van der Waals surface area contributed by atoms with Crippen molar-refractivity contribution in [3.8, 4) is 11.5 Å². The first-order valence-electron chi connectivity index (χ1n) is 6.18. The molecule has 0 radical (unpaired) electrons. The lowest BCUT2D eigenvalue weighted by atomic mass is 10.1. The summed E-state index contributed by atoms with van der Waals surface area (Å²) in [6, 6.07) is 8.97. The summed E-state index contributed by atoms with van der Waals surface area (Å²) in [4.78, 5) is 19.2. The third-order valence-corrected chi connectivity index (χ3v) is 3.28. The van der Waals surface area contributed by atoms with Crippen LogP contribution in [0.2, 0.25) is 0 Å². The van der Waals surface area contributed by atoms with Crippen molar-refractivity contribution in [1.82, 2.24) is 15.1 Å². The van der Waals surface area contributed by atoms with Gasteiger partial charge in [0.2, 0.25) is 0 Å². The lowest BCUT2D eigenvalue weighted by Gasteiger charge is -2.07. The summed E-state index contributed by atoms with van der Waals surface area (Å²) in [6.07, 6.45) is 1.70. The highest BCUT2D eigenvalue weighted by molar-refractivity contribution is 9.10. The Hall–Kier alpha value is -2.41. The Kier molecular flexibility index (Phi) is 3.57. The zero-order valence-electron chi connectivity index (χ0n) is 11.1. The van der Waals surface area contributed by atoms with E-state index in [9.17, 15) is 4.79 Å². The van der Waals surface area contributed by atoms with Gasteiger partial charge in [-0.1, -0.05) is 17.3 Å². The summed E-state index contributed by atoms with van der Waals surface area (Å²) < 4.78 is 5.97. The number of hydrogen-bond donors (Lipinski definition) is 2. The maximum atomic E-state index is 12.2. The van der Waals surface area contributed by atoms with Crippen LogP contribution >= 0.6 is 15.9 Å². The van der Waals surface area contributed by atoms with E-state index in [4.69, 9.17) is 4.52 Å². The fourth-order valence-corrected chi connectivity index (χ4v) is 2.22. The zero-order chi connectivity index (χ0) is 14.8. The second-order valence-corrected chi connectivity index (χ2v) is 5.29. The van der Waals surface area contributed by atoms with Crippen molar-refractivity contribution < 1.29 is 9.32 Å². The molecule has 0 bridgehead atoms. The van der Waals surface area contributed by atoms with Crippen LogP contribution < -0.4 is 5.32 Å². The number of halogens is 1. The van der Waals surface area contributed by atoms with Gasteiger partial charge in [-0.2, -0.15) is 4.98 Å². The highest BCUT2D eigenvalue weighted by Crippen LogP contribution is 2.26. The molecule has 6 nitrogen and oxygen atoms in total. The van der Waals surface area contributed by atoms with Crippen LogP contribution in [-0.4, -0.2) is 21.0 Å². The molecule has 0 saturated heterocycles. The van der Waals surface area contributed by atoms with Crippen LogP contribution in [0.4, 0.5) is 5.69 Å². The third-order valence-electron chi connectivity index (χ3n) is 2.83. The summed E-state index contributed by atoms with van der Waals surface area (Å²) in [5.74, 6) is 0.667. The fraction of sp³-hybridized carbons (Fsp3) is 0.0714. The quantitative estimate of drug-likeness (QED) is 0.761. The molecular weight excluding hydrogens is 336 g/mol. The second-order valence-electron chi connectivity index (χ2n) is 4.38. The molecule has 0 atom stereocenters. The molecular formula is C14H11BrN4O2. The van der Waals surface area contributed by atoms with Crippen molar-refractivity contribution in [3.63, 3.8) is 0 Å². The van der Waals surface area contributed by atoms with Crippen molar-refractivity contribution in [2.24, 2.45) is 0 Å². The van der Waals surface area contributed by atoms with Crippen LogP contribution in [0.3, 0.4) is 0 Å². The minimum absolute atomic E-state index is 0.246. The van der Waals surface area contributed by atoms with E-state index < -0.39 is 0 Å². The number of amides is 1. The first-order valence-corrected chi connectivity index (χ1v) is 6.98. The average Bonchev–Trinajstić information content (AvgIpc) is 3.08. The minimum atomic E-state index is -0.246. The summed E-state index contributed by atoms with van der Waals surface area (Å²) in [7, 11) is 0. The van der Waals surface area contributed by atoms with Crippen LogP contribution in [0.1, 0.15) is 16.3 Å². The van der Waals surface area contributed by atoms with E-state index in [1.54, 1.807) is 25.3 Å². The molecule has 21 heavy (non-hydrogen) atoms. The van der Waals surface area contributed by atoms with Crippen LogP contribution in [0.15, 0.2) is 45.5 Å². The number of H-pyrrole nitrogens is 1. The summed E-state index contributed by atoms with van der Waals surface area (Å²) >= 11 is 3.30. The van der Waals surface area contributed by atoms with Gasteiger partial charge in [0, 0.05) is 10.7 Å². The van der Waals surface area contributed by atoms with Gasteiger partial charge in [0.05, 0.1) is 11.3 Å². The van der Waals surface area contributed by atoms with Gasteiger partial charge in [-0.25, -0.2) is 0 Å². The van der Waals surface area contributed by atoms with Gasteiger partial charge in [-0.15, -0.1) is 0 Å². The summed E-state index contributed by atoms with van der Waals surface area (Å²) in [5.41, 5.74) is 1.74. The molecule has 2 heterocycles. The Bertz CT molecular complexity index is 794. The van der Waals surface area contributed by atoms with Gasteiger partial charge in [-0.3, -0.25) is 4.79 Å². The molecule has 1 aromatic carbocycles. The third kappa shape index (κ3) is 2.87. The van der Waals surface area contributed by atoms with E-state index in [1.165, 1.54) is 0 Å². The number of nitrogens with zero attached hydrogens (tertiary/aromatic N) is 2. The Morgan fingerprint density at radius 2 is 2.19 bits per heavy atom. The van der Waals surface area contributed by atoms with E-state index >= 15 is 0 Å². The molecule has 7 heteroatoms. The number of anilines is 1. The maximum Gasteiger partial charge on any atom is 0.272 e. The molecule has 0 saturated carbocycles. The molecule has 0 unspecified atom stereocenters. The van der Waals surface area contributed by atoms with Crippen molar-refractivity contribution in [2.45, 2.75) is 6.92 Å². The van der Waals surface area contributed by atoms with E-state index in [0.717, 1.165) is 4.47 Å². The van der Waals surface area contributed by atoms with Gasteiger partial charge < -0.3 is 14.8 Å². The van der Waals surface area contributed by atoms with E-state index in [2.05, 4.69) is 36.4 Å². The Balaban J connectivity index is 1.91. The monoisotopic (exact) mass is 346 g/mol. The highest BCUT2D eigenvalue weighted by Gasteiger charge is 2.14. The smallest absolute Gasteiger partial charge is 0.272 e. The number of aromatic amines is 1. The molecule has 0 aliphatic rings. The maximum absolute atomic E-state index is 12.2. The Labute approximate surface area is 128 Å². The SMILES string of the molecule is Cc1noc(-c2ccccc2NC(=O)c2cc(Br)c[nH]2)n1. The predicted octanol–water partition coefficient (Wildman–Crippen LogP) is 3.39. The average molecular weight is 347 g/mol. The molecule has 0 spiro atoms. The van der Waals surface area contributed by atoms with Crippen molar-refractivity contribution in [1.29, 1.82) is 0 Å². The number of nitrogens with one attached hydrogen (secondary N) is 2. The van der Waals surface area contributed by atoms with Gasteiger partial charge >= 0.3 is 0 Å². The number of aryl methyl sites for hydroxylation is 1. The lowest BCUT2D eigenvalue weighted by molar-refractivity contribution is 0.102. The first kappa shape index (κ1) is 13.6. The molecule has 0 aliphatic heterocycles. The van der Waals surface area contributed by atoms with Crippen LogP contribution in [-0.2, 0) is 0 Å². The Morgan fingerprint density at radius 3 is 2.86 bits per heavy atom. The normalized spacial score (nSPS) is 10.6. The molecule has 2 N–H and O–H groups in total. The van der Waals surface area contributed by atoms with Gasteiger partial charge in [0.1, 0.15) is 5.69 Å². The number of rotatable bonds is 3. The standard InChI is InChI=1S/C14H11BrN4O2/c1-8-17-14(21-19-8)10-4-2-3-5-11(10)18-13(20)12-6-9(15)7-16-12/h2-7,16H,1H3,(H,18,20). The number of hydrogen-bond acceptors (Lipinski definition) is 4. The second kappa shape index (κ2) is 5.53. The minimum Gasteiger partial charge on any atom is -0.356 e. The van der Waals surface area contributed by atoms with Gasteiger partial charge in [-0.05, 0) is 41.1 Å². The number of carbonyl (C=O) groups is 1. The molecule has 0 fully saturated rings. The van der Waals surface area contributed by atoms with E-state index in [0.29, 0.717) is 28.7 Å². The molecule has 3 aromatic rings. The van der Waals surface area contributed by atoms with Crippen LogP contribution in [0.25, 0.3) is 11.5 Å². The van der Waals surface area contributed by atoms with Gasteiger partial charge in [0.25, 0.3) is 11.8 Å². The van der Waals surface area contributed by atoms with E-state index in [1.807, 2.05) is 18.2 Å². The number of benzene rings is 1. The van der Waals surface area contributed by atoms with Crippen molar-refractivity contribution >= 4 is 27.5 Å². The van der Waals surface area contributed by atoms with Gasteiger partial charge in [0.15, 0.2) is 5.82 Å². The molecule has 0 aliphatic carbocycles. The lowest BCUT2D eigenvalue weighted by Crippen LogP contribution is -2.12. The number of para-hydroxylation sites is 1. The van der Waals surface area contributed by atoms with Crippen molar-refractivity contribution in [3.05, 3.63) is 52.5 Å². The van der Waals surface area contributed by atoms with Crippen LogP contribution in [0.5, 0.6) is 0 Å². The number of carbonyl (C=O) groups excluding carboxylic acids is 1. The summed E-state index contributed by atoms with van der Waals surface area (Å²) in [5, 5.41) is 6.59. The Morgan fingerprint density at radius 1 is 1.38 bits per heavy atom. The van der Waals surface area contributed by atoms with Crippen molar-refractivity contribution in [2.75, 3.05) is 5.32 Å². The fourth-order valence-electron chi connectivity index (χ4n) is 1.87.